The van der Waals surface area contributed by atoms with Crippen LogP contribution in [0.2, 0.25) is 0 Å². The van der Waals surface area contributed by atoms with Crippen LogP contribution < -0.4 is 10.6 Å². The van der Waals surface area contributed by atoms with E-state index in [2.05, 4.69) is 17.6 Å². The minimum absolute atomic E-state index is 0.0376. The van der Waals surface area contributed by atoms with Crippen molar-refractivity contribution < 1.29 is 4.79 Å². The van der Waals surface area contributed by atoms with Crippen LogP contribution in [0.15, 0.2) is 0 Å². The van der Waals surface area contributed by atoms with Crippen molar-refractivity contribution in [2.45, 2.75) is 52.1 Å². The van der Waals surface area contributed by atoms with Crippen LogP contribution >= 0.6 is 0 Å². The van der Waals surface area contributed by atoms with Crippen LogP contribution in [0, 0.1) is 5.92 Å². The highest BCUT2D eigenvalue weighted by Gasteiger charge is 2.27. The Labute approximate surface area is 80.3 Å². The van der Waals surface area contributed by atoms with E-state index in [9.17, 15) is 4.79 Å². The maximum Gasteiger partial charge on any atom is 0.315 e. The van der Waals surface area contributed by atoms with Crippen LogP contribution in [-0.4, -0.2) is 17.6 Å². The minimum Gasteiger partial charge on any atom is -0.335 e. The van der Waals surface area contributed by atoms with E-state index >= 15 is 0 Å². The predicted octanol–water partition coefficient (Wildman–Crippen LogP) is 1.88. The normalized spacial score (nSPS) is 27.7. The summed E-state index contributed by atoms with van der Waals surface area (Å²) in [6.07, 6.45) is 2.25. The average Bonchev–Trinajstić information content (AvgIpc) is 1.79. The van der Waals surface area contributed by atoms with E-state index in [0.29, 0.717) is 6.04 Å². The molecule has 0 saturated heterocycles. The van der Waals surface area contributed by atoms with Gasteiger partial charge >= 0.3 is 6.03 Å². The van der Waals surface area contributed by atoms with Gasteiger partial charge in [0, 0.05) is 11.6 Å². The van der Waals surface area contributed by atoms with Gasteiger partial charge in [0.1, 0.15) is 0 Å². The second kappa shape index (κ2) is 3.56. The van der Waals surface area contributed by atoms with E-state index in [4.69, 9.17) is 0 Å². The van der Waals surface area contributed by atoms with Gasteiger partial charge in [-0.3, -0.25) is 0 Å². The third kappa shape index (κ3) is 3.66. The molecule has 0 aromatic rings. The lowest BCUT2D eigenvalue weighted by atomic mass is 9.82. The van der Waals surface area contributed by atoms with E-state index in [1.165, 1.54) is 0 Å². The molecule has 1 rings (SSSR count). The van der Waals surface area contributed by atoms with E-state index in [-0.39, 0.29) is 11.6 Å². The summed E-state index contributed by atoms with van der Waals surface area (Å²) in [5, 5.41) is 5.84. The van der Waals surface area contributed by atoms with Crippen molar-refractivity contribution in [2.75, 3.05) is 0 Å². The standard InChI is InChI=1S/C10H20N2O/c1-7-5-8(6-7)11-9(13)12-10(2,3)4/h7-8H,5-6H2,1-4H3,(H2,11,12,13). The highest BCUT2D eigenvalue weighted by Crippen LogP contribution is 2.26. The Morgan fingerprint density at radius 1 is 1.31 bits per heavy atom. The lowest BCUT2D eigenvalue weighted by Gasteiger charge is -2.34. The zero-order chi connectivity index (χ0) is 10.1. The Balaban J connectivity index is 2.19. The molecule has 2 amide bonds. The first-order valence-corrected chi connectivity index (χ1v) is 4.95. The highest BCUT2D eigenvalue weighted by atomic mass is 16.2. The first-order chi connectivity index (χ1) is 5.87. The third-order valence-electron chi connectivity index (χ3n) is 2.20. The van der Waals surface area contributed by atoms with Crippen LogP contribution in [0.1, 0.15) is 40.5 Å². The molecule has 1 fully saturated rings. The Morgan fingerprint density at radius 2 is 1.85 bits per heavy atom. The largest absolute Gasteiger partial charge is 0.335 e. The van der Waals surface area contributed by atoms with Gasteiger partial charge in [-0.1, -0.05) is 6.92 Å². The molecule has 2 N–H and O–H groups in total. The van der Waals surface area contributed by atoms with Gasteiger partial charge in [0.05, 0.1) is 0 Å². The molecule has 0 radical (unpaired) electrons. The Bertz CT molecular complexity index is 190. The molecule has 0 unspecified atom stereocenters. The molecule has 0 aliphatic heterocycles. The topological polar surface area (TPSA) is 41.1 Å². The maximum absolute atomic E-state index is 11.3. The molecular formula is C10H20N2O. The minimum atomic E-state index is -0.139. The fourth-order valence-electron chi connectivity index (χ4n) is 1.58. The molecule has 0 bridgehead atoms. The molecule has 0 heterocycles. The summed E-state index contributed by atoms with van der Waals surface area (Å²) in [5.74, 6) is 0.778. The summed E-state index contributed by atoms with van der Waals surface area (Å²) in [7, 11) is 0. The first kappa shape index (κ1) is 10.4. The van der Waals surface area contributed by atoms with Crippen molar-refractivity contribution in [2.24, 2.45) is 5.92 Å². The van der Waals surface area contributed by atoms with Gasteiger partial charge in [-0.2, -0.15) is 0 Å². The number of carbonyl (C=O) groups excluding carboxylic acids is 1. The molecule has 0 aromatic carbocycles. The van der Waals surface area contributed by atoms with Crippen molar-refractivity contribution in [3.05, 3.63) is 0 Å². The van der Waals surface area contributed by atoms with Crippen LogP contribution in [-0.2, 0) is 0 Å². The molecule has 1 aliphatic carbocycles. The number of nitrogens with one attached hydrogen (secondary N) is 2. The zero-order valence-electron chi connectivity index (χ0n) is 8.98. The molecule has 76 valence electrons. The molecule has 13 heavy (non-hydrogen) atoms. The Morgan fingerprint density at radius 3 is 2.23 bits per heavy atom. The molecule has 3 nitrogen and oxygen atoms in total. The number of urea groups is 1. The summed E-state index contributed by atoms with van der Waals surface area (Å²) in [6.45, 7) is 8.15. The van der Waals surface area contributed by atoms with Crippen LogP contribution in [0.3, 0.4) is 0 Å². The number of amides is 2. The molecule has 0 spiro atoms. The summed E-state index contributed by atoms with van der Waals surface area (Å²) in [4.78, 5) is 11.3. The zero-order valence-corrected chi connectivity index (χ0v) is 8.98. The van der Waals surface area contributed by atoms with Crippen molar-refractivity contribution in [1.82, 2.24) is 10.6 Å². The number of carbonyl (C=O) groups is 1. The fraction of sp³-hybridized carbons (Fsp3) is 0.900. The molecule has 1 aliphatic rings. The van der Waals surface area contributed by atoms with E-state index in [1.54, 1.807) is 0 Å². The van der Waals surface area contributed by atoms with E-state index in [1.807, 2.05) is 20.8 Å². The number of hydrogen-bond donors (Lipinski definition) is 2. The van der Waals surface area contributed by atoms with Crippen LogP contribution in [0.5, 0.6) is 0 Å². The van der Waals surface area contributed by atoms with Gasteiger partial charge in [-0.05, 0) is 39.5 Å². The van der Waals surface area contributed by atoms with Gasteiger partial charge in [-0.25, -0.2) is 4.79 Å². The molecule has 1 saturated carbocycles. The lowest BCUT2D eigenvalue weighted by Crippen LogP contribution is -2.52. The van der Waals surface area contributed by atoms with E-state index < -0.39 is 0 Å². The molecular weight excluding hydrogens is 164 g/mol. The van der Waals surface area contributed by atoms with Crippen LogP contribution in [0.25, 0.3) is 0 Å². The highest BCUT2D eigenvalue weighted by molar-refractivity contribution is 5.75. The summed E-state index contributed by atoms with van der Waals surface area (Å²) >= 11 is 0. The Hall–Kier alpha value is -0.730. The fourth-order valence-corrected chi connectivity index (χ4v) is 1.58. The third-order valence-corrected chi connectivity index (χ3v) is 2.20. The summed E-state index contributed by atoms with van der Waals surface area (Å²) < 4.78 is 0. The average molecular weight is 184 g/mol. The van der Waals surface area contributed by atoms with Gasteiger partial charge in [-0.15, -0.1) is 0 Å². The van der Waals surface area contributed by atoms with Gasteiger partial charge in [0.15, 0.2) is 0 Å². The quantitative estimate of drug-likeness (QED) is 0.642. The van der Waals surface area contributed by atoms with Crippen molar-refractivity contribution in [3.63, 3.8) is 0 Å². The number of hydrogen-bond acceptors (Lipinski definition) is 1. The van der Waals surface area contributed by atoms with Crippen molar-refractivity contribution in [1.29, 1.82) is 0 Å². The van der Waals surface area contributed by atoms with E-state index in [0.717, 1.165) is 18.8 Å². The van der Waals surface area contributed by atoms with Gasteiger partial charge < -0.3 is 10.6 Å². The summed E-state index contributed by atoms with van der Waals surface area (Å²) in [5.41, 5.74) is -0.139. The monoisotopic (exact) mass is 184 g/mol. The Kier molecular flexibility index (Phi) is 2.84. The maximum atomic E-state index is 11.3. The van der Waals surface area contributed by atoms with Gasteiger partial charge in [0.25, 0.3) is 0 Å². The molecule has 3 heteroatoms. The first-order valence-electron chi connectivity index (χ1n) is 4.95. The van der Waals surface area contributed by atoms with Gasteiger partial charge in [0.2, 0.25) is 0 Å². The molecule has 0 aromatic heterocycles. The molecule has 0 atom stereocenters. The predicted molar refractivity (Wildman–Crippen MR) is 53.6 cm³/mol. The number of rotatable bonds is 1. The van der Waals surface area contributed by atoms with Crippen molar-refractivity contribution in [3.8, 4) is 0 Å². The van der Waals surface area contributed by atoms with Crippen molar-refractivity contribution >= 4 is 6.03 Å². The second-order valence-electron chi connectivity index (χ2n) is 5.12. The smallest absolute Gasteiger partial charge is 0.315 e. The lowest BCUT2D eigenvalue weighted by molar-refractivity contribution is 0.203. The SMILES string of the molecule is CC1CC(NC(=O)NC(C)(C)C)C1. The second-order valence-corrected chi connectivity index (χ2v) is 5.12. The van der Waals surface area contributed by atoms with Crippen LogP contribution in [0.4, 0.5) is 4.79 Å². The summed E-state index contributed by atoms with van der Waals surface area (Å²) in [6, 6.07) is 0.363.